The van der Waals surface area contributed by atoms with Crippen LogP contribution < -0.4 is 11.1 Å². The van der Waals surface area contributed by atoms with Gasteiger partial charge in [0.2, 0.25) is 0 Å². The number of anilines is 1. The van der Waals surface area contributed by atoms with Crippen LogP contribution in [0.25, 0.3) is 5.82 Å². The zero-order valence-electron chi connectivity index (χ0n) is 13.2. The number of amides is 2. The van der Waals surface area contributed by atoms with E-state index in [1.807, 2.05) is 22.6 Å². The highest BCUT2D eigenvalue weighted by Gasteiger charge is 2.22. The Morgan fingerprint density at radius 1 is 1.15 bits per heavy atom. The zero-order valence-corrected chi connectivity index (χ0v) is 17.6. The van der Waals surface area contributed by atoms with Crippen LogP contribution in [0.15, 0.2) is 36.5 Å². The third-order valence-corrected chi connectivity index (χ3v) is 4.75. The van der Waals surface area contributed by atoms with E-state index in [0.717, 1.165) is 0 Å². The molecule has 0 aliphatic heterocycles. The topological polar surface area (TPSA) is 103 Å². The van der Waals surface area contributed by atoms with Gasteiger partial charge in [-0.25, -0.2) is 9.67 Å². The molecule has 0 saturated heterocycles. The van der Waals surface area contributed by atoms with Crippen LogP contribution >= 0.6 is 57.4 Å². The third-order valence-electron chi connectivity index (χ3n) is 3.41. The minimum absolute atomic E-state index is 0.0162. The average molecular weight is 537 g/mol. The Hall–Kier alpha value is -1.88. The van der Waals surface area contributed by atoms with Crippen LogP contribution in [0, 0.1) is 3.70 Å². The van der Waals surface area contributed by atoms with Gasteiger partial charge >= 0.3 is 0 Å². The molecule has 0 radical (unpaired) electrons. The first-order chi connectivity index (χ1) is 12.8. The molecule has 1 aromatic carbocycles. The highest BCUT2D eigenvalue weighted by atomic mass is 127. The van der Waals surface area contributed by atoms with Crippen molar-refractivity contribution in [2.24, 2.45) is 5.73 Å². The molecule has 2 heterocycles. The number of pyridine rings is 1. The quantitative estimate of drug-likeness (QED) is 0.489. The Bertz CT molecular complexity index is 1070. The summed E-state index contributed by atoms with van der Waals surface area (Å²) in [6, 6.07) is 7.53. The molecular weight excluding hydrogens is 527 g/mol. The van der Waals surface area contributed by atoms with E-state index >= 15 is 0 Å². The molecule has 0 unspecified atom stereocenters. The summed E-state index contributed by atoms with van der Waals surface area (Å²) in [5.74, 6) is -1.09. The van der Waals surface area contributed by atoms with E-state index in [9.17, 15) is 9.59 Å². The summed E-state index contributed by atoms with van der Waals surface area (Å²) in [5.41, 5.74) is 5.53. The molecule has 0 aliphatic carbocycles. The van der Waals surface area contributed by atoms with Gasteiger partial charge in [-0.05, 0) is 46.9 Å². The number of benzene rings is 1. The monoisotopic (exact) mass is 535 g/mol. The lowest BCUT2D eigenvalue weighted by Crippen LogP contribution is -2.21. The van der Waals surface area contributed by atoms with Crippen molar-refractivity contribution >= 4 is 74.9 Å². The van der Waals surface area contributed by atoms with Crippen LogP contribution in [0.1, 0.15) is 20.8 Å². The summed E-state index contributed by atoms with van der Waals surface area (Å²) in [4.78, 5) is 28.7. The fourth-order valence-electron chi connectivity index (χ4n) is 2.28. The Labute approximate surface area is 181 Å². The molecule has 2 amide bonds. The Kier molecular flexibility index (Phi) is 5.89. The van der Waals surface area contributed by atoms with E-state index < -0.39 is 11.8 Å². The lowest BCUT2D eigenvalue weighted by Gasteiger charge is -2.12. The number of carbonyl (C=O) groups excluding carboxylic acids is 2. The summed E-state index contributed by atoms with van der Waals surface area (Å²) in [5, 5.41) is 7.43. The number of hydrogen-bond donors (Lipinski definition) is 2. The van der Waals surface area contributed by atoms with Gasteiger partial charge < -0.3 is 11.1 Å². The standard InChI is InChI=1S/C16H9Cl3IN5O2/c17-7-4-8(14(21)26)13(10(19)5-7)23-16(27)11-6-12(20)24-25(11)15-9(18)2-1-3-22-15/h1-6H,(H2,21,26)(H,23,27). The van der Waals surface area contributed by atoms with Crippen LogP contribution in [-0.2, 0) is 0 Å². The van der Waals surface area contributed by atoms with Gasteiger partial charge in [0.25, 0.3) is 11.8 Å². The van der Waals surface area contributed by atoms with Crippen molar-refractivity contribution in [1.82, 2.24) is 14.8 Å². The number of nitrogens with two attached hydrogens (primary N) is 1. The van der Waals surface area contributed by atoms with Crippen molar-refractivity contribution in [3.8, 4) is 5.82 Å². The Morgan fingerprint density at radius 2 is 1.89 bits per heavy atom. The van der Waals surface area contributed by atoms with E-state index in [1.165, 1.54) is 29.1 Å². The first kappa shape index (κ1) is 19.9. The van der Waals surface area contributed by atoms with Gasteiger partial charge in [0, 0.05) is 17.3 Å². The lowest BCUT2D eigenvalue weighted by molar-refractivity contribution is 0.100. The van der Waals surface area contributed by atoms with Crippen LogP contribution in [0.5, 0.6) is 0 Å². The number of hydrogen-bond acceptors (Lipinski definition) is 4. The molecule has 0 bridgehead atoms. The molecule has 0 saturated carbocycles. The number of rotatable bonds is 4. The molecule has 2 aromatic heterocycles. The van der Waals surface area contributed by atoms with E-state index in [-0.39, 0.29) is 32.8 Å². The maximum absolute atomic E-state index is 12.9. The van der Waals surface area contributed by atoms with Crippen molar-refractivity contribution in [3.05, 3.63) is 66.6 Å². The highest BCUT2D eigenvalue weighted by molar-refractivity contribution is 14.1. The number of nitrogens with zero attached hydrogens (tertiary/aromatic N) is 3. The molecule has 3 rings (SSSR count). The number of halogens is 4. The van der Waals surface area contributed by atoms with Gasteiger partial charge in [-0.3, -0.25) is 9.59 Å². The minimum Gasteiger partial charge on any atom is -0.366 e. The first-order valence-electron chi connectivity index (χ1n) is 7.24. The molecule has 11 heteroatoms. The molecule has 3 aromatic rings. The summed E-state index contributed by atoms with van der Waals surface area (Å²) in [6.07, 6.45) is 1.53. The molecule has 0 aliphatic rings. The molecule has 0 fully saturated rings. The second-order valence-corrected chi connectivity index (χ2v) is 7.56. The fourth-order valence-corrected chi connectivity index (χ4v) is 3.53. The van der Waals surface area contributed by atoms with Crippen LogP contribution in [-0.4, -0.2) is 26.6 Å². The average Bonchev–Trinajstić information content (AvgIpc) is 2.99. The van der Waals surface area contributed by atoms with Crippen molar-refractivity contribution in [2.75, 3.05) is 5.32 Å². The predicted molar refractivity (Wildman–Crippen MR) is 112 cm³/mol. The van der Waals surface area contributed by atoms with Gasteiger partial charge in [0.05, 0.1) is 21.3 Å². The van der Waals surface area contributed by atoms with Gasteiger partial charge in [-0.2, -0.15) is 5.10 Å². The summed E-state index contributed by atoms with van der Waals surface area (Å²) < 4.78 is 1.84. The maximum atomic E-state index is 12.9. The van der Waals surface area contributed by atoms with Gasteiger partial charge in [-0.1, -0.05) is 34.8 Å². The summed E-state index contributed by atoms with van der Waals surface area (Å²) in [6.45, 7) is 0. The predicted octanol–water partition coefficient (Wildman–Crippen LogP) is 4.18. The second kappa shape index (κ2) is 8.01. The number of primary amides is 1. The van der Waals surface area contributed by atoms with Gasteiger partial charge in [-0.15, -0.1) is 0 Å². The molecule has 0 atom stereocenters. The number of aromatic nitrogens is 3. The van der Waals surface area contributed by atoms with Crippen molar-refractivity contribution < 1.29 is 9.59 Å². The molecule has 138 valence electrons. The highest BCUT2D eigenvalue weighted by Crippen LogP contribution is 2.31. The SMILES string of the molecule is NC(=O)c1cc(Cl)cc(Cl)c1NC(=O)c1cc(I)nn1-c1ncccc1Cl. The third kappa shape index (κ3) is 4.18. The molecule has 7 nitrogen and oxygen atoms in total. The molecule has 0 spiro atoms. The van der Waals surface area contributed by atoms with E-state index in [2.05, 4.69) is 15.4 Å². The molecule has 27 heavy (non-hydrogen) atoms. The molecule has 3 N–H and O–H groups in total. The van der Waals surface area contributed by atoms with Crippen molar-refractivity contribution in [2.45, 2.75) is 0 Å². The number of nitrogens with one attached hydrogen (secondary N) is 1. The van der Waals surface area contributed by atoms with Crippen molar-refractivity contribution in [3.63, 3.8) is 0 Å². The zero-order chi connectivity index (χ0) is 19.7. The smallest absolute Gasteiger partial charge is 0.274 e. The maximum Gasteiger partial charge on any atom is 0.274 e. The van der Waals surface area contributed by atoms with Gasteiger partial charge in [0.15, 0.2) is 5.82 Å². The van der Waals surface area contributed by atoms with Crippen LogP contribution in [0.2, 0.25) is 15.1 Å². The van der Waals surface area contributed by atoms with Crippen LogP contribution in [0.3, 0.4) is 0 Å². The van der Waals surface area contributed by atoms with Crippen molar-refractivity contribution in [1.29, 1.82) is 0 Å². The van der Waals surface area contributed by atoms with E-state index in [4.69, 9.17) is 40.5 Å². The minimum atomic E-state index is -0.787. The molecular formula is C16H9Cl3IN5O2. The summed E-state index contributed by atoms with van der Waals surface area (Å²) in [7, 11) is 0. The Morgan fingerprint density at radius 3 is 2.56 bits per heavy atom. The van der Waals surface area contributed by atoms with E-state index in [0.29, 0.717) is 8.72 Å². The van der Waals surface area contributed by atoms with Gasteiger partial charge in [0.1, 0.15) is 9.39 Å². The fraction of sp³-hybridized carbons (Fsp3) is 0. The summed E-state index contributed by atoms with van der Waals surface area (Å²) >= 11 is 20.2. The van der Waals surface area contributed by atoms with E-state index in [1.54, 1.807) is 12.1 Å². The number of carbonyl (C=O) groups is 2. The van der Waals surface area contributed by atoms with Crippen LogP contribution in [0.4, 0.5) is 5.69 Å². The first-order valence-corrected chi connectivity index (χ1v) is 9.46. The normalized spacial score (nSPS) is 10.7. The lowest BCUT2D eigenvalue weighted by atomic mass is 10.1. The largest absolute Gasteiger partial charge is 0.366 e. The Balaban J connectivity index is 2.05. The second-order valence-electron chi connectivity index (χ2n) is 5.20.